The molecule has 32 heavy (non-hydrogen) atoms. The number of carbonyl (C=O) groups excluding carboxylic acids is 2. The third-order valence-corrected chi connectivity index (χ3v) is 6.25. The van der Waals surface area contributed by atoms with Crippen molar-refractivity contribution in [2.75, 3.05) is 55.7 Å². The number of rotatable bonds is 3. The zero-order chi connectivity index (χ0) is 21.9. The number of amides is 3. The first-order valence-corrected chi connectivity index (χ1v) is 11.2. The Labute approximate surface area is 187 Å². The number of urea groups is 1. The van der Waals surface area contributed by atoms with Crippen LogP contribution in [0.25, 0.3) is 0 Å². The van der Waals surface area contributed by atoms with Gasteiger partial charge in [-0.2, -0.15) is 0 Å². The first-order valence-electron chi connectivity index (χ1n) is 11.2. The molecule has 0 aromatic heterocycles. The molecule has 1 N–H and O–H groups in total. The Morgan fingerprint density at radius 2 is 1.66 bits per heavy atom. The molecular weight excluding hydrogens is 408 g/mol. The number of morpholine rings is 1. The zero-order valence-electron chi connectivity index (χ0n) is 18.0. The van der Waals surface area contributed by atoms with Gasteiger partial charge in [0.05, 0.1) is 25.4 Å². The van der Waals surface area contributed by atoms with E-state index in [1.807, 2.05) is 36.4 Å². The summed E-state index contributed by atoms with van der Waals surface area (Å²) in [5, 5.41) is 3.17. The second kappa shape index (κ2) is 9.08. The maximum absolute atomic E-state index is 13.3. The minimum Gasteiger partial charge on any atom is -0.476 e. The molecule has 8 heteroatoms. The standard InChI is InChI=1S/C24H28N4O4/c29-23(26-12-14-31-15-13-26)22-17-28(20-8-4-5-9-21(20)32-22)24(30)25-18-10-11-27(16-18)19-6-2-1-3-7-19/h1-9,18,22H,10-17H2,(H,25,30). The molecule has 0 bridgehead atoms. The summed E-state index contributed by atoms with van der Waals surface area (Å²) in [6, 6.07) is 17.5. The van der Waals surface area contributed by atoms with Crippen molar-refractivity contribution in [2.24, 2.45) is 0 Å². The van der Waals surface area contributed by atoms with Gasteiger partial charge in [-0.1, -0.05) is 30.3 Å². The van der Waals surface area contributed by atoms with E-state index in [4.69, 9.17) is 9.47 Å². The predicted molar refractivity (Wildman–Crippen MR) is 121 cm³/mol. The van der Waals surface area contributed by atoms with Crippen LogP contribution in [-0.2, 0) is 9.53 Å². The normalized spacial score (nSPS) is 22.8. The molecule has 3 aliphatic rings. The van der Waals surface area contributed by atoms with Gasteiger partial charge in [0.2, 0.25) is 0 Å². The number of hydrogen-bond donors (Lipinski definition) is 1. The Morgan fingerprint density at radius 3 is 2.47 bits per heavy atom. The van der Waals surface area contributed by atoms with Crippen LogP contribution >= 0.6 is 0 Å². The molecule has 0 radical (unpaired) electrons. The van der Waals surface area contributed by atoms with E-state index in [1.165, 1.54) is 0 Å². The third-order valence-electron chi connectivity index (χ3n) is 6.25. The molecule has 3 heterocycles. The summed E-state index contributed by atoms with van der Waals surface area (Å²) in [6.07, 6.45) is 0.154. The number of ether oxygens (including phenoxy) is 2. The predicted octanol–water partition coefficient (Wildman–Crippen LogP) is 2.10. The van der Waals surface area contributed by atoms with Crippen LogP contribution in [0.3, 0.4) is 0 Å². The summed E-state index contributed by atoms with van der Waals surface area (Å²) in [5.41, 5.74) is 1.85. The summed E-state index contributed by atoms with van der Waals surface area (Å²) >= 11 is 0. The molecule has 5 rings (SSSR count). The quantitative estimate of drug-likeness (QED) is 0.798. The number of para-hydroxylation sites is 3. The van der Waals surface area contributed by atoms with Crippen LogP contribution < -0.4 is 19.9 Å². The molecule has 168 valence electrons. The molecular formula is C24H28N4O4. The number of nitrogens with one attached hydrogen (secondary N) is 1. The van der Waals surface area contributed by atoms with Gasteiger partial charge in [-0.3, -0.25) is 9.69 Å². The van der Waals surface area contributed by atoms with Crippen molar-refractivity contribution in [3.63, 3.8) is 0 Å². The van der Waals surface area contributed by atoms with Gasteiger partial charge < -0.3 is 24.6 Å². The molecule has 3 amide bonds. The molecule has 0 spiro atoms. The molecule has 3 aliphatic heterocycles. The molecule has 2 atom stereocenters. The van der Waals surface area contributed by atoms with E-state index in [1.54, 1.807) is 15.9 Å². The van der Waals surface area contributed by atoms with Crippen LogP contribution in [0.4, 0.5) is 16.2 Å². The lowest BCUT2D eigenvalue weighted by atomic mass is 10.1. The lowest BCUT2D eigenvalue weighted by molar-refractivity contribution is -0.142. The first kappa shape index (κ1) is 20.6. The molecule has 2 saturated heterocycles. The number of nitrogens with zero attached hydrogens (tertiary/aromatic N) is 3. The van der Waals surface area contributed by atoms with E-state index in [0.29, 0.717) is 37.7 Å². The van der Waals surface area contributed by atoms with E-state index < -0.39 is 6.10 Å². The molecule has 2 unspecified atom stereocenters. The highest BCUT2D eigenvalue weighted by Gasteiger charge is 2.37. The minimum absolute atomic E-state index is 0.0473. The zero-order valence-corrected chi connectivity index (χ0v) is 18.0. The number of benzene rings is 2. The molecule has 0 aliphatic carbocycles. The van der Waals surface area contributed by atoms with Crippen molar-refractivity contribution in [1.29, 1.82) is 0 Å². The highest BCUT2D eigenvalue weighted by atomic mass is 16.5. The van der Waals surface area contributed by atoms with Gasteiger partial charge in [-0.05, 0) is 30.7 Å². The minimum atomic E-state index is -0.724. The fourth-order valence-electron chi connectivity index (χ4n) is 4.55. The summed E-state index contributed by atoms with van der Waals surface area (Å²) in [6.45, 7) is 3.99. The average molecular weight is 437 g/mol. The number of hydrogen-bond acceptors (Lipinski definition) is 5. The Bertz CT molecular complexity index is 963. The maximum atomic E-state index is 13.3. The SMILES string of the molecule is O=C(C1CN(C(=O)NC2CCN(c3ccccc3)C2)c2ccccc2O1)N1CCOCC1. The van der Waals surface area contributed by atoms with Crippen molar-refractivity contribution < 1.29 is 19.1 Å². The van der Waals surface area contributed by atoms with Crippen LogP contribution in [0.2, 0.25) is 0 Å². The third kappa shape index (κ3) is 4.23. The second-order valence-corrected chi connectivity index (χ2v) is 8.34. The number of fused-ring (bicyclic) bond motifs is 1. The number of anilines is 2. The van der Waals surface area contributed by atoms with E-state index in [0.717, 1.165) is 25.2 Å². The van der Waals surface area contributed by atoms with Crippen LogP contribution in [0.15, 0.2) is 54.6 Å². The highest BCUT2D eigenvalue weighted by Crippen LogP contribution is 2.34. The fourth-order valence-corrected chi connectivity index (χ4v) is 4.55. The van der Waals surface area contributed by atoms with Crippen molar-refractivity contribution in [2.45, 2.75) is 18.6 Å². The topological polar surface area (TPSA) is 74.4 Å². The van der Waals surface area contributed by atoms with Crippen molar-refractivity contribution in [3.8, 4) is 5.75 Å². The largest absolute Gasteiger partial charge is 0.476 e. The van der Waals surface area contributed by atoms with Gasteiger partial charge in [0, 0.05) is 37.9 Å². The van der Waals surface area contributed by atoms with Crippen LogP contribution in [-0.4, -0.2) is 74.9 Å². The lowest BCUT2D eigenvalue weighted by Crippen LogP contribution is -2.56. The molecule has 2 fully saturated rings. The highest BCUT2D eigenvalue weighted by molar-refractivity contribution is 5.96. The van der Waals surface area contributed by atoms with Crippen molar-refractivity contribution in [3.05, 3.63) is 54.6 Å². The summed E-state index contributed by atoms with van der Waals surface area (Å²) in [7, 11) is 0. The van der Waals surface area contributed by atoms with Gasteiger partial charge in [-0.25, -0.2) is 4.79 Å². The summed E-state index contributed by atoms with van der Waals surface area (Å²) < 4.78 is 11.4. The fraction of sp³-hybridized carbons (Fsp3) is 0.417. The van der Waals surface area contributed by atoms with E-state index in [-0.39, 0.29) is 24.5 Å². The summed E-state index contributed by atoms with van der Waals surface area (Å²) in [4.78, 5) is 32.0. The molecule has 0 saturated carbocycles. The Hall–Kier alpha value is -3.26. The van der Waals surface area contributed by atoms with Crippen LogP contribution in [0.5, 0.6) is 5.75 Å². The smallest absolute Gasteiger partial charge is 0.322 e. The molecule has 8 nitrogen and oxygen atoms in total. The van der Waals surface area contributed by atoms with Crippen molar-refractivity contribution in [1.82, 2.24) is 10.2 Å². The molecule has 2 aromatic carbocycles. The summed E-state index contributed by atoms with van der Waals surface area (Å²) in [5.74, 6) is 0.453. The van der Waals surface area contributed by atoms with Crippen LogP contribution in [0.1, 0.15) is 6.42 Å². The number of carbonyl (C=O) groups is 2. The van der Waals surface area contributed by atoms with Gasteiger partial charge in [0.1, 0.15) is 5.75 Å². The van der Waals surface area contributed by atoms with E-state index in [9.17, 15) is 9.59 Å². The average Bonchev–Trinajstić information content (AvgIpc) is 3.32. The Balaban J connectivity index is 1.28. The van der Waals surface area contributed by atoms with Gasteiger partial charge in [-0.15, -0.1) is 0 Å². The van der Waals surface area contributed by atoms with Gasteiger partial charge in [0.15, 0.2) is 6.10 Å². The second-order valence-electron chi connectivity index (χ2n) is 8.34. The Morgan fingerprint density at radius 1 is 0.906 bits per heavy atom. The first-order chi connectivity index (χ1) is 15.7. The maximum Gasteiger partial charge on any atom is 0.322 e. The monoisotopic (exact) mass is 436 g/mol. The van der Waals surface area contributed by atoms with Gasteiger partial charge >= 0.3 is 6.03 Å². The Kier molecular flexibility index (Phi) is 5.85. The van der Waals surface area contributed by atoms with Crippen molar-refractivity contribution >= 4 is 23.3 Å². The lowest BCUT2D eigenvalue weighted by Gasteiger charge is -2.37. The molecule has 2 aromatic rings. The van der Waals surface area contributed by atoms with E-state index >= 15 is 0 Å². The van der Waals surface area contributed by atoms with Gasteiger partial charge in [0.25, 0.3) is 5.91 Å². The van der Waals surface area contributed by atoms with E-state index in [2.05, 4.69) is 22.3 Å². The van der Waals surface area contributed by atoms with Crippen LogP contribution in [0, 0.1) is 0 Å².